The highest BCUT2D eigenvalue weighted by Gasteiger charge is 2.19. The number of aromatic nitrogens is 1. The molecular weight excluding hydrogens is 368 g/mol. The molecule has 0 radical (unpaired) electrons. The van der Waals surface area contributed by atoms with E-state index >= 15 is 0 Å². The van der Waals surface area contributed by atoms with Crippen molar-refractivity contribution >= 4 is 22.8 Å². The molecular formula is C23H22N2O4. The van der Waals surface area contributed by atoms with Crippen LogP contribution in [-0.4, -0.2) is 32.1 Å². The minimum atomic E-state index is -0.347. The van der Waals surface area contributed by atoms with Crippen LogP contribution in [0.4, 0.5) is 0 Å². The maximum absolute atomic E-state index is 13.1. The molecule has 1 aromatic heterocycles. The molecule has 6 heteroatoms. The number of aromatic amines is 1. The van der Waals surface area contributed by atoms with Crippen molar-refractivity contribution < 1.29 is 19.0 Å². The Morgan fingerprint density at radius 2 is 1.83 bits per heavy atom. The Morgan fingerprint density at radius 1 is 1.14 bits per heavy atom. The van der Waals surface area contributed by atoms with Crippen molar-refractivity contribution in [1.82, 2.24) is 4.98 Å². The molecule has 1 N–H and O–H groups in total. The third kappa shape index (κ3) is 3.67. The van der Waals surface area contributed by atoms with E-state index in [1.807, 2.05) is 24.3 Å². The van der Waals surface area contributed by atoms with Crippen molar-refractivity contribution in [3.8, 4) is 23.3 Å². The number of rotatable bonds is 7. The van der Waals surface area contributed by atoms with E-state index in [0.29, 0.717) is 28.4 Å². The van der Waals surface area contributed by atoms with Gasteiger partial charge in [-0.15, -0.1) is 0 Å². The molecule has 3 rings (SSSR count). The normalized spacial score (nSPS) is 11.2. The fourth-order valence-electron chi connectivity index (χ4n) is 3.34. The predicted octanol–water partition coefficient (Wildman–Crippen LogP) is 4.55. The van der Waals surface area contributed by atoms with E-state index in [-0.39, 0.29) is 11.4 Å². The third-order valence-corrected chi connectivity index (χ3v) is 4.79. The van der Waals surface area contributed by atoms with Crippen LogP contribution in [0.15, 0.2) is 42.1 Å². The van der Waals surface area contributed by atoms with Gasteiger partial charge in [-0.3, -0.25) is 4.79 Å². The van der Waals surface area contributed by atoms with Gasteiger partial charge in [-0.05, 0) is 35.8 Å². The molecule has 0 amide bonds. The van der Waals surface area contributed by atoms with Crippen molar-refractivity contribution in [2.45, 2.75) is 13.3 Å². The highest BCUT2D eigenvalue weighted by molar-refractivity contribution is 6.20. The first kappa shape index (κ1) is 20.0. The number of hydrogen-bond acceptors (Lipinski definition) is 5. The summed E-state index contributed by atoms with van der Waals surface area (Å²) in [5.41, 5.74) is 3.12. The Bertz CT molecular complexity index is 1110. The summed E-state index contributed by atoms with van der Waals surface area (Å²) in [5.74, 6) is 0.992. The monoisotopic (exact) mass is 390 g/mol. The second-order valence-electron chi connectivity index (χ2n) is 6.35. The summed E-state index contributed by atoms with van der Waals surface area (Å²) in [6.45, 7) is 2.06. The van der Waals surface area contributed by atoms with Crippen molar-refractivity contribution in [3.63, 3.8) is 0 Å². The molecule has 29 heavy (non-hydrogen) atoms. The zero-order valence-electron chi connectivity index (χ0n) is 16.8. The zero-order chi connectivity index (χ0) is 21.0. The molecule has 0 fully saturated rings. The van der Waals surface area contributed by atoms with E-state index in [4.69, 9.17) is 14.2 Å². The number of fused-ring (bicyclic) bond motifs is 1. The summed E-state index contributed by atoms with van der Waals surface area (Å²) >= 11 is 0. The molecule has 0 saturated carbocycles. The number of methoxy groups -OCH3 is 3. The first-order valence-electron chi connectivity index (χ1n) is 9.13. The summed E-state index contributed by atoms with van der Waals surface area (Å²) < 4.78 is 16.0. The zero-order valence-corrected chi connectivity index (χ0v) is 16.8. The molecule has 2 aromatic carbocycles. The Labute approximate surface area is 169 Å². The number of para-hydroxylation sites is 1. The van der Waals surface area contributed by atoms with Crippen LogP contribution in [0.3, 0.4) is 0 Å². The lowest BCUT2D eigenvalue weighted by Crippen LogP contribution is -2.01. The molecule has 0 aliphatic heterocycles. The fourth-order valence-corrected chi connectivity index (χ4v) is 3.34. The van der Waals surface area contributed by atoms with E-state index in [0.717, 1.165) is 22.9 Å². The maximum Gasteiger partial charge on any atom is 0.205 e. The van der Waals surface area contributed by atoms with Crippen molar-refractivity contribution in [2.75, 3.05) is 21.3 Å². The Kier molecular flexibility index (Phi) is 5.89. The molecule has 0 saturated heterocycles. The fraction of sp³-hybridized carbons (Fsp3) is 0.217. The molecule has 0 aliphatic carbocycles. The van der Waals surface area contributed by atoms with Gasteiger partial charge in [-0.1, -0.05) is 25.1 Å². The highest BCUT2D eigenvalue weighted by atomic mass is 16.5. The van der Waals surface area contributed by atoms with Crippen LogP contribution in [-0.2, 0) is 6.42 Å². The lowest BCUT2D eigenvalue weighted by molar-refractivity contribution is 0.104. The third-order valence-electron chi connectivity index (χ3n) is 4.79. The Balaban J connectivity index is 2.08. The van der Waals surface area contributed by atoms with Gasteiger partial charge in [0.1, 0.15) is 11.6 Å². The van der Waals surface area contributed by atoms with Crippen molar-refractivity contribution in [1.29, 1.82) is 5.26 Å². The molecule has 0 atom stereocenters. The highest BCUT2D eigenvalue weighted by Crippen LogP contribution is 2.39. The number of H-pyrrole nitrogens is 1. The van der Waals surface area contributed by atoms with Crippen molar-refractivity contribution in [3.05, 3.63) is 58.8 Å². The van der Waals surface area contributed by atoms with Gasteiger partial charge in [-0.25, -0.2) is 0 Å². The summed E-state index contributed by atoms with van der Waals surface area (Å²) in [4.78, 5) is 16.3. The number of hydrogen-bond donors (Lipinski definition) is 1. The topological polar surface area (TPSA) is 84.3 Å². The maximum atomic E-state index is 13.1. The van der Waals surface area contributed by atoms with Gasteiger partial charge in [0, 0.05) is 22.7 Å². The standard InChI is InChI=1S/C23H22N2O4/c1-5-15-7-6-8-17-18(13-25-21(15)17)22(26)16(12-24)9-14-10-19(27-2)23(29-4)20(11-14)28-3/h6-11,13,25H,5H2,1-4H3/b16-9+. The predicted molar refractivity (Wildman–Crippen MR) is 112 cm³/mol. The number of nitrogens with one attached hydrogen (secondary N) is 1. The number of allylic oxidation sites excluding steroid dienone is 1. The van der Waals surface area contributed by atoms with E-state index in [2.05, 4.69) is 11.9 Å². The Morgan fingerprint density at radius 3 is 2.38 bits per heavy atom. The minimum Gasteiger partial charge on any atom is -0.493 e. The van der Waals surface area contributed by atoms with E-state index in [1.54, 1.807) is 18.3 Å². The quantitative estimate of drug-likeness (QED) is 0.364. The van der Waals surface area contributed by atoms with Crippen LogP contribution < -0.4 is 14.2 Å². The van der Waals surface area contributed by atoms with E-state index in [1.165, 1.54) is 27.4 Å². The van der Waals surface area contributed by atoms with Crippen LogP contribution in [0.1, 0.15) is 28.4 Å². The van der Waals surface area contributed by atoms with Crippen LogP contribution >= 0.6 is 0 Å². The molecule has 0 unspecified atom stereocenters. The van der Waals surface area contributed by atoms with Crippen LogP contribution in [0, 0.1) is 11.3 Å². The first-order chi connectivity index (χ1) is 14.1. The molecule has 1 heterocycles. The minimum absolute atomic E-state index is 0.0158. The van der Waals surface area contributed by atoms with Crippen molar-refractivity contribution in [2.24, 2.45) is 0 Å². The molecule has 3 aromatic rings. The van der Waals surface area contributed by atoms with Gasteiger partial charge in [0.25, 0.3) is 0 Å². The molecule has 0 bridgehead atoms. The van der Waals surface area contributed by atoms with Crippen LogP contribution in [0.2, 0.25) is 0 Å². The SMILES string of the molecule is CCc1cccc2c(C(=O)/C(C#N)=C/c3cc(OC)c(OC)c(OC)c3)c[nH]c12. The molecule has 148 valence electrons. The Hall–Kier alpha value is -3.72. The van der Waals surface area contributed by atoms with Gasteiger partial charge >= 0.3 is 0 Å². The second-order valence-corrected chi connectivity index (χ2v) is 6.35. The van der Waals surface area contributed by atoms with E-state index < -0.39 is 0 Å². The number of ether oxygens (including phenoxy) is 3. The summed E-state index contributed by atoms with van der Waals surface area (Å²) in [7, 11) is 4.54. The number of carbonyl (C=O) groups is 1. The molecule has 6 nitrogen and oxygen atoms in total. The number of benzene rings is 2. The first-order valence-corrected chi connectivity index (χ1v) is 9.13. The number of ketones is 1. The average Bonchev–Trinajstić information content (AvgIpc) is 3.20. The summed E-state index contributed by atoms with van der Waals surface area (Å²) in [5, 5.41) is 10.5. The number of aryl methyl sites for hydroxylation is 1. The second kappa shape index (κ2) is 8.53. The van der Waals surface area contributed by atoms with Gasteiger partial charge < -0.3 is 19.2 Å². The number of Topliss-reactive ketones (excluding diaryl/α,β-unsaturated/α-hetero) is 1. The number of nitrogens with zero attached hydrogens (tertiary/aromatic N) is 1. The van der Waals surface area contributed by atoms with Crippen LogP contribution in [0.25, 0.3) is 17.0 Å². The van der Waals surface area contributed by atoms with Gasteiger partial charge in [0.05, 0.1) is 21.3 Å². The molecule has 0 aliphatic rings. The van der Waals surface area contributed by atoms with Crippen LogP contribution in [0.5, 0.6) is 17.2 Å². The number of carbonyl (C=O) groups excluding carboxylic acids is 1. The lowest BCUT2D eigenvalue weighted by atomic mass is 9.99. The average molecular weight is 390 g/mol. The number of nitriles is 1. The van der Waals surface area contributed by atoms with Gasteiger partial charge in [0.2, 0.25) is 11.5 Å². The van der Waals surface area contributed by atoms with Gasteiger partial charge in [-0.2, -0.15) is 5.26 Å². The molecule has 0 spiro atoms. The van der Waals surface area contributed by atoms with Gasteiger partial charge in [0.15, 0.2) is 11.5 Å². The lowest BCUT2D eigenvalue weighted by Gasteiger charge is -2.13. The summed E-state index contributed by atoms with van der Waals surface area (Å²) in [6, 6.07) is 11.2. The van der Waals surface area contributed by atoms with E-state index in [9.17, 15) is 10.1 Å². The largest absolute Gasteiger partial charge is 0.493 e. The smallest absolute Gasteiger partial charge is 0.205 e. The summed E-state index contributed by atoms with van der Waals surface area (Å²) in [6.07, 6.45) is 4.03.